The number of aromatic amines is 1. The van der Waals surface area contributed by atoms with Crippen LogP contribution in [0.25, 0.3) is 22.4 Å². The van der Waals surface area contributed by atoms with E-state index in [9.17, 15) is 4.79 Å². The number of furan rings is 1. The third kappa shape index (κ3) is 1.80. The second-order valence-electron chi connectivity index (χ2n) is 4.02. The number of nitrogens with one attached hydrogen (secondary N) is 1. The molecule has 0 saturated heterocycles. The van der Waals surface area contributed by atoms with E-state index >= 15 is 0 Å². The van der Waals surface area contributed by atoms with Crippen LogP contribution in [0.1, 0.15) is 5.69 Å². The third-order valence-electron chi connectivity index (χ3n) is 2.63. The number of aromatic nitrogens is 2. The van der Waals surface area contributed by atoms with Crippen LogP contribution in [0.15, 0.2) is 39.5 Å². The molecule has 2 heterocycles. The van der Waals surface area contributed by atoms with Crippen molar-refractivity contribution in [3.8, 4) is 11.5 Å². The molecule has 0 fully saturated rings. The van der Waals surface area contributed by atoms with Crippen LogP contribution in [0.3, 0.4) is 0 Å². The van der Waals surface area contributed by atoms with E-state index in [1.807, 2.05) is 18.2 Å². The summed E-state index contributed by atoms with van der Waals surface area (Å²) in [7, 11) is 0. The van der Waals surface area contributed by atoms with Crippen LogP contribution >= 0.6 is 11.6 Å². The molecular formula is C13H9ClN2O2. The zero-order valence-corrected chi connectivity index (χ0v) is 10.3. The average molecular weight is 261 g/mol. The summed E-state index contributed by atoms with van der Waals surface area (Å²) in [6, 6.07) is 9.08. The molecule has 1 aromatic carbocycles. The highest BCUT2D eigenvalue weighted by molar-refractivity contribution is 6.34. The number of hydrogen-bond acceptors (Lipinski definition) is 3. The zero-order chi connectivity index (χ0) is 12.7. The number of benzene rings is 1. The molecule has 0 spiro atoms. The Morgan fingerprint density at radius 2 is 2.17 bits per heavy atom. The number of hydrogen-bond donors (Lipinski definition) is 1. The molecule has 90 valence electrons. The smallest absolute Gasteiger partial charge is 0.345 e. The van der Waals surface area contributed by atoms with E-state index in [0.29, 0.717) is 22.1 Å². The second-order valence-corrected chi connectivity index (χ2v) is 4.43. The Morgan fingerprint density at radius 3 is 2.89 bits per heavy atom. The van der Waals surface area contributed by atoms with Crippen molar-refractivity contribution < 1.29 is 4.42 Å². The standard InChI is InChI=1S/C13H9ClN2O2/c1-7-5-10(16-13(17)15-7)11-6-8-3-2-4-9(14)12(8)18-11/h2-6H,1H3,(H,15,16,17). The van der Waals surface area contributed by atoms with Crippen molar-refractivity contribution in [1.29, 1.82) is 0 Å². The molecule has 0 radical (unpaired) electrons. The first-order valence-electron chi connectivity index (χ1n) is 5.40. The minimum atomic E-state index is -0.392. The summed E-state index contributed by atoms with van der Waals surface area (Å²) >= 11 is 6.04. The van der Waals surface area contributed by atoms with Crippen LogP contribution in [0.5, 0.6) is 0 Å². The van der Waals surface area contributed by atoms with Gasteiger partial charge in [0, 0.05) is 11.1 Å². The molecule has 0 unspecified atom stereocenters. The summed E-state index contributed by atoms with van der Waals surface area (Å²) in [6.45, 7) is 1.79. The van der Waals surface area contributed by atoms with Crippen LogP contribution < -0.4 is 5.69 Å². The van der Waals surface area contributed by atoms with Crippen molar-refractivity contribution >= 4 is 22.6 Å². The van der Waals surface area contributed by atoms with E-state index in [4.69, 9.17) is 16.0 Å². The normalized spacial score (nSPS) is 11.0. The average Bonchev–Trinajstić information content (AvgIpc) is 2.73. The summed E-state index contributed by atoms with van der Waals surface area (Å²) in [5, 5.41) is 1.43. The van der Waals surface area contributed by atoms with E-state index in [1.54, 1.807) is 19.1 Å². The third-order valence-corrected chi connectivity index (χ3v) is 2.93. The molecule has 0 aliphatic rings. The lowest BCUT2D eigenvalue weighted by molar-refractivity contribution is 0.627. The Morgan fingerprint density at radius 1 is 1.33 bits per heavy atom. The fourth-order valence-electron chi connectivity index (χ4n) is 1.86. The summed E-state index contributed by atoms with van der Waals surface area (Å²) in [4.78, 5) is 17.8. The van der Waals surface area contributed by atoms with Gasteiger partial charge in [-0.3, -0.25) is 0 Å². The van der Waals surface area contributed by atoms with E-state index in [-0.39, 0.29) is 0 Å². The molecule has 0 saturated carbocycles. The minimum absolute atomic E-state index is 0.392. The van der Waals surface area contributed by atoms with Gasteiger partial charge in [-0.05, 0) is 25.1 Å². The Kier molecular flexibility index (Phi) is 2.45. The second kappa shape index (κ2) is 3.99. The van der Waals surface area contributed by atoms with Gasteiger partial charge in [-0.2, -0.15) is 4.98 Å². The first-order valence-corrected chi connectivity index (χ1v) is 5.78. The minimum Gasteiger partial charge on any atom is -0.453 e. The number of nitrogens with zero attached hydrogens (tertiary/aromatic N) is 1. The van der Waals surface area contributed by atoms with E-state index in [2.05, 4.69) is 9.97 Å². The van der Waals surface area contributed by atoms with E-state index < -0.39 is 5.69 Å². The number of fused-ring (bicyclic) bond motifs is 1. The predicted octanol–water partition coefficient (Wildman–Crippen LogP) is 3.14. The fourth-order valence-corrected chi connectivity index (χ4v) is 2.08. The zero-order valence-electron chi connectivity index (χ0n) is 9.53. The molecule has 0 aliphatic heterocycles. The van der Waals surface area contributed by atoms with Crippen molar-refractivity contribution in [1.82, 2.24) is 9.97 Å². The Bertz CT molecular complexity index is 789. The lowest BCUT2D eigenvalue weighted by Crippen LogP contribution is -2.11. The SMILES string of the molecule is Cc1cc(-c2cc3cccc(Cl)c3o2)nc(=O)[nH]1. The molecule has 1 N–H and O–H groups in total. The van der Waals surface area contributed by atoms with Crippen molar-refractivity contribution in [3.63, 3.8) is 0 Å². The number of aryl methyl sites for hydroxylation is 1. The summed E-state index contributed by atoms with van der Waals surface area (Å²) in [6.07, 6.45) is 0. The molecule has 0 bridgehead atoms. The van der Waals surface area contributed by atoms with Crippen molar-refractivity contribution in [3.05, 3.63) is 51.5 Å². The number of rotatable bonds is 1. The van der Waals surface area contributed by atoms with Gasteiger partial charge in [0.2, 0.25) is 0 Å². The van der Waals surface area contributed by atoms with Crippen LogP contribution in [0.2, 0.25) is 5.02 Å². The lowest BCUT2D eigenvalue weighted by Gasteiger charge is -1.96. The van der Waals surface area contributed by atoms with E-state index in [0.717, 1.165) is 11.1 Å². The molecule has 0 atom stereocenters. The summed E-state index contributed by atoms with van der Waals surface area (Å²) in [5.74, 6) is 0.535. The molecule has 0 aliphatic carbocycles. The van der Waals surface area contributed by atoms with Gasteiger partial charge in [0.1, 0.15) is 5.69 Å². The maximum absolute atomic E-state index is 11.3. The van der Waals surface area contributed by atoms with Gasteiger partial charge in [0.25, 0.3) is 0 Å². The Hall–Kier alpha value is -2.07. The highest BCUT2D eigenvalue weighted by Crippen LogP contribution is 2.30. The number of H-pyrrole nitrogens is 1. The van der Waals surface area contributed by atoms with Gasteiger partial charge in [0.15, 0.2) is 11.3 Å². The van der Waals surface area contributed by atoms with E-state index in [1.165, 1.54) is 0 Å². The van der Waals surface area contributed by atoms with Crippen LogP contribution in [0, 0.1) is 6.92 Å². The van der Waals surface area contributed by atoms with Crippen LogP contribution in [0.4, 0.5) is 0 Å². The molecule has 0 amide bonds. The predicted molar refractivity (Wildman–Crippen MR) is 69.8 cm³/mol. The molecule has 2 aromatic heterocycles. The number of halogens is 1. The molecule has 4 nitrogen and oxygen atoms in total. The topological polar surface area (TPSA) is 58.9 Å². The van der Waals surface area contributed by atoms with Crippen LogP contribution in [-0.4, -0.2) is 9.97 Å². The first-order chi connectivity index (χ1) is 8.63. The van der Waals surface area contributed by atoms with Gasteiger partial charge in [-0.1, -0.05) is 23.7 Å². The van der Waals surface area contributed by atoms with Gasteiger partial charge in [-0.15, -0.1) is 0 Å². The monoisotopic (exact) mass is 260 g/mol. The maximum Gasteiger partial charge on any atom is 0.345 e. The molecule has 3 aromatic rings. The van der Waals surface area contributed by atoms with Crippen LogP contribution in [-0.2, 0) is 0 Å². The van der Waals surface area contributed by atoms with Crippen molar-refractivity contribution in [2.75, 3.05) is 0 Å². The maximum atomic E-state index is 11.3. The highest BCUT2D eigenvalue weighted by Gasteiger charge is 2.10. The van der Waals surface area contributed by atoms with Gasteiger partial charge >= 0.3 is 5.69 Å². The Labute approximate surface area is 107 Å². The molecule has 5 heteroatoms. The quantitative estimate of drug-likeness (QED) is 0.731. The summed E-state index contributed by atoms with van der Waals surface area (Å²) < 4.78 is 5.65. The highest BCUT2D eigenvalue weighted by atomic mass is 35.5. The summed E-state index contributed by atoms with van der Waals surface area (Å²) in [5.41, 5.74) is 1.45. The largest absolute Gasteiger partial charge is 0.453 e. The van der Waals surface area contributed by atoms with Crippen molar-refractivity contribution in [2.24, 2.45) is 0 Å². The van der Waals surface area contributed by atoms with Gasteiger partial charge in [0.05, 0.1) is 5.02 Å². The van der Waals surface area contributed by atoms with Crippen molar-refractivity contribution in [2.45, 2.75) is 6.92 Å². The number of para-hydroxylation sites is 1. The lowest BCUT2D eigenvalue weighted by atomic mass is 10.2. The first kappa shape index (κ1) is 11.0. The fraction of sp³-hybridized carbons (Fsp3) is 0.0769. The molecule has 3 rings (SSSR count). The molecule has 18 heavy (non-hydrogen) atoms. The molecular weight excluding hydrogens is 252 g/mol. The van der Waals surface area contributed by atoms with Gasteiger partial charge < -0.3 is 9.40 Å². The van der Waals surface area contributed by atoms with Gasteiger partial charge in [-0.25, -0.2) is 4.79 Å². The Balaban J connectivity index is 2.25.